The average Bonchev–Trinajstić information content (AvgIpc) is 2.99. The van der Waals surface area contributed by atoms with Crippen molar-refractivity contribution in [2.75, 3.05) is 47.7 Å². The first-order valence-electron chi connectivity index (χ1n) is 10.4. The zero-order valence-corrected chi connectivity index (χ0v) is 18.8. The van der Waals surface area contributed by atoms with E-state index in [1.54, 1.807) is 4.90 Å². The zero-order valence-electron chi connectivity index (χ0n) is 18.0. The summed E-state index contributed by atoms with van der Waals surface area (Å²) in [5, 5.41) is 0. The summed E-state index contributed by atoms with van der Waals surface area (Å²) >= 11 is 0. The maximum Gasteiger partial charge on any atom is 0.254 e. The Balaban J connectivity index is 1.45. The third kappa shape index (κ3) is 4.23. The lowest BCUT2D eigenvalue weighted by Crippen LogP contribution is -2.49. The van der Waals surface area contributed by atoms with E-state index in [1.165, 1.54) is 12.1 Å². The number of amides is 1. The van der Waals surface area contributed by atoms with E-state index in [9.17, 15) is 17.6 Å². The van der Waals surface area contributed by atoms with Gasteiger partial charge in [-0.05, 0) is 49.1 Å². The highest BCUT2D eigenvalue weighted by Gasteiger charge is 2.35. The van der Waals surface area contributed by atoms with Gasteiger partial charge in [0, 0.05) is 44.5 Å². The number of sulfonamides is 1. The fraction of sp³-hybridized carbons (Fsp3) is 0.455. The molecule has 3 heterocycles. The number of anilines is 2. The van der Waals surface area contributed by atoms with Crippen molar-refractivity contribution in [1.29, 1.82) is 0 Å². The number of hydrogen-bond donors (Lipinski definition) is 0. The van der Waals surface area contributed by atoms with Crippen LogP contribution >= 0.6 is 0 Å². The number of pyridine rings is 1. The summed E-state index contributed by atoms with van der Waals surface area (Å²) in [6.45, 7) is 8.41. The van der Waals surface area contributed by atoms with Crippen LogP contribution in [0.1, 0.15) is 28.4 Å². The van der Waals surface area contributed by atoms with Crippen LogP contribution in [0, 0.1) is 25.6 Å². The third-order valence-corrected chi connectivity index (χ3v) is 7.83. The molecule has 0 N–H and O–H groups in total. The van der Waals surface area contributed by atoms with Crippen molar-refractivity contribution < 1.29 is 17.6 Å². The molecule has 1 aromatic carbocycles. The first-order chi connectivity index (χ1) is 14.7. The largest absolute Gasteiger partial charge is 0.353 e. The van der Waals surface area contributed by atoms with Crippen LogP contribution in [0.3, 0.4) is 0 Å². The van der Waals surface area contributed by atoms with Gasteiger partial charge in [-0.3, -0.25) is 9.10 Å². The van der Waals surface area contributed by atoms with Crippen LogP contribution in [0.2, 0.25) is 0 Å². The third-order valence-electron chi connectivity index (χ3n) is 5.83. The number of halogens is 1. The number of hydrogen-bond acceptors (Lipinski definition) is 5. The monoisotopic (exact) mass is 446 g/mol. The highest BCUT2D eigenvalue weighted by molar-refractivity contribution is 7.93. The van der Waals surface area contributed by atoms with Crippen LogP contribution in [0.5, 0.6) is 0 Å². The lowest BCUT2D eigenvalue weighted by Gasteiger charge is -2.36. The number of aromatic nitrogens is 1. The predicted octanol–water partition coefficient (Wildman–Crippen LogP) is 2.59. The molecule has 166 valence electrons. The molecule has 0 radical (unpaired) electrons. The number of carbonyl (C=O) groups excluding carboxylic acids is 1. The van der Waals surface area contributed by atoms with Crippen LogP contribution < -0.4 is 9.21 Å². The van der Waals surface area contributed by atoms with E-state index in [2.05, 4.69) is 16.0 Å². The number of aryl methyl sites for hydroxylation is 2. The molecule has 2 fully saturated rings. The minimum absolute atomic E-state index is 0.00615. The maximum atomic E-state index is 14.8. The summed E-state index contributed by atoms with van der Waals surface area (Å²) in [5.41, 5.74) is 2.44. The molecule has 2 aliphatic heterocycles. The highest BCUT2D eigenvalue weighted by atomic mass is 32.2. The van der Waals surface area contributed by atoms with Crippen LogP contribution in [0.15, 0.2) is 30.5 Å². The second-order valence-corrected chi connectivity index (χ2v) is 10.5. The SMILES string of the molecule is Cc1cnc(N2CCN(C(=O)c3ccc(N4C[C@H](C)CS4(=O)=O)c(F)c3)CC2)c(C)c1. The maximum absolute atomic E-state index is 14.8. The van der Waals surface area contributed by atoms with Gasteiger partial charge in [-0.1, -0.05) is 13.0 Å². The Morgan fingerprint density at radius 3 is 2.42 bits per heavy atom. The Labute approximate surface area is 182 Å². The molecule has 0 unspecified atom stereocenters. The molecule has 1 aromatic heterocycles. The molecule has 7 nitrogen and oxygen atoms in total. The Morgan fingerprint density at radius 2 is 1.84 bits per heavy atom. The van der Waals surface area contributed by atoms with Gasteiger partial charge >= 0.3 is 0 Å². The summed E-state index contributed by atoms with van der Waals surface area (Å²) in [6, 6.07) is 6.14. The van der Waals surface area contributed by atoms with Crippen LogP contribution in [0.4, 0.5) is 15.9 Å². The van der Waals surface area contributed by atoms with E-state index in [1.807, 2.05) is 27.0 Å². The number of rotatable bonds is 3. The summed E-state index contributed by atoms with van der Waals surface area (Å²) in [5.74, 6) is -0.0759. The molecule has 2 aliphatic rings. The van der Waals surface area contributed by atoms with Gasteiger partial charge in [0.15, 0.2) is 0 Å². The first-order valence-corrected chi connectivity index (χ1v) is 12.0. The van der Waals surface area contributed by atoms with Crippen molar-refractivity contribution >= 4 is 27.4 Å². The molecule has 0 saturated carbocycles. The standard InChI is InChI=1S/C22H27FN4O3S/c1-15-10-17(3)21(24-12-15)25-6-8-26(9-7-25)22(28)18-4-5-20(19(23)11-18)27-13-16(2)14-31(27,29)30/h4-5,10-12,16H,6-9,13-14H2,1-3H3/t16-/m0/s1. The van der Waals surface area contributed by atoms with Gasteiger partial charge in [-0.2, -0.15) is 0 Å². The molecule has 31 heavy (non-hydrogen) atoms. The van der Waals surface area contributed by atoms with Gasteiger partial charge < -0.3 is 9.80 Å². The second-order valence-electron chi connectivity index (χ2n) is 8.51. The predicted molar refractivity (Wildman–Crippen MR) is 119 cm³/mol. The van der Waals surface area contributed by atoms with Crippen molar-refractivity contribution in [1.82, 2.24) is 9.88 Å². The molecule has 0 aliphatic carbocycles. The van der Waals surface area contributed by atoms with Gasteiger partial charge in [0.1, 0.15) is 11.6 Å². The molecule has 9 heteroatoms. The van der Waals surface area contributed by atoms with E-state index in [-0.39, 0.29) is 35.4 Å². The summed E-state index contributed by atoms with van der Waals surface area (Å²) < 4.78 is 40.4. The fourth-order valence-corrected chi connectivity index (χ4v) is 6.27. The quantitative estimate of drug-likeness (QED) is 0.725. The van der Waals surface area contributed by atoms with Crippen LogP contribution in [-0.2, 0) is 10.0 Å². The van der Waals surface area contributed by atoms with Gasteiger partial charge in [-0.25, -0.2) is 17.8 Å². The lowest BCUT2D eigenvalue weighted by atomic mass is 10.1. The van der Waals surface area contributed by atoms with Gasteiger partial charge in [0.2, 0.25) is 10.0 Å². The van der Waals surface area contributed by atoms with Crippen molar-refractivity contribution in [2.45, 2.75) is 20.8 Å². The number of benzene rings is 1. The smallest absolute Gasteiger partial charge is 0.254 e. The Bertz CT molecular complexity index is 1110. The second kappa shape index (κ2) is 8.11. The molecule has 1 amide bonds. The molecule has 2 saturated heterocycles. The molecule has 2 aromatic rings. The van der Waals surface area contributed by atoms with E-state index in [0.29, 0.717) is 26.2 Å². The molecular weight excluding hydrogens is 419 g/mol. The van der Waals surface area contributed by atoms with Gasteiger partial charge in [0.05, 0.1) is 11.4 Å². The Kier molecular flexibility index (Phi) is 5.63. The average molecular weight is 447 g/mol. The molecular formula is C22H27FN4O3S. The highest BCUT2D eigenvalue weighted by Crippen LogP contribution is 2.30. The zero-order chi connectivity index (χ0) is 22.3. The number of nitrogens with zero attached hydrogens (tertiary/aromatic N) is 4. The normalized spacial score (nSPS) is 20.9. The lowest BCUT2D eigenvalue weighted by molar-refractivity contribution is 0.0746. The van der Waals surface area contributed by atoms with E-state index in [0.717, 1.165) is 27.3 Å². The topological polar surface area (TPSA) is 73.8 Å². The van der Waals surface area contributed by atoms with E-state index < -0.39 is 15.8 Å². The van der Waals surface area contributed by atoms with Crippen LogP contribution in [-0.4, -0.2) is 62.7 Å². The summed E-state index contributed by atoms with van der Waals surface area (Å²) in [6.07, 6.45) is 1.84. The van der Waals surface area contributed by atoms with Crippen molar-refractivity contribution in [3.8, 4) is 0 Å². The van der Waals surface area contributed by atoms with E-state index >= 15 is 0 Å². The number of carbonyl (C=O) groups is 1. The van der Waals surface area contributed by atoms with Gasteiger partial charge in [-0.15, -0.1) is 0 Å². The number of piperazine rings is 1. The van der Waals surface area contributed by atoms with Crippen molar-refractivity contribution in [2.24, 2.45) is 5.92 Å². The Morgan fingerprint density at radius 1 is 1.13 bits per heavy atom. The van der Waals surface area contributed by atoms with Crippen LogP contribution in [0.25, 0.3) is 0 Å². The Hall–Kier alpha value is -2.68. The molecule has 4 rings (SSSR count). The minimum atomic E-state index is -3.52. The van der Waals surface area contributed by atoms with Crippen molar-refractivity contribution in [3.63, 3.8) is 0 Å². The minimum Gasteiger partial charge on any atom is -0.353 e. The molecule has 0 spiro atoms. The van der Waals surface area contributed by atoms with E-state index in [4.69, 9.17) is 0 Å². The van der Waals surface area contributed by atoms with Gasteiger partial charge in [0.25, 0.3) is 5.91 Å². The first kappa shape index (κ1) is 21.5. The summed E-state index contributed by atoms with van der Waals surface area (Å²) in [7, 11) is -3.52. The summed E-state index contributed by atoms with van der Waals surface area (Å²) in [4.78, 5) is 21.3. The molecule has 1 atom stereocenters. The molecule has 0 bridgehead atoms. The fourth-order valence-electron chi connectivity index (χ4n) is 4.33. The van der Waals surface area contributed by atoms with Crippen molar-refractivity contribution in [3.05, 3.63) is 53.0 Å².